The highest BCUT2D eigenvalue weighted by atomic mass is 16.5. The molecule has 21 heavy (non-hydrogen) atoms. The van der Waals surface area contributed by atoms with Crippen LogP contribution in [0, 0.1) is 5.92 Å². The Morgan fingerprint density at radius 2 is 2.19 bits per heavy atom. The predicted octanol–water partition coefficient (Wildman–Crippen LogP) is 1.20. The number of nitrogens with zero attached hydrogens (tertiary/aromatic N) is 1. The molecule has 1 aromatic rings. The molecular formula is C17H19NO3. The summed E-state index contributed by atoms with van der Waals surface area (Å²) in [6, 6.07) is 4.23. The van der Waals surface area contributed by atoms with E-state index in [4.69, 9.17) is 4.74 Å². The first kappa shape index (κ1) is 12.1. The number of aliphatic hydroxyl groups is 1. The van der Waals surface area contributed by atoms with Gasteiger partial charge in [0.15, 0.2) is 11.5 Å². The average Bonchev–Trinajstić information content (AvgIpc) is 2.83. The SMILES string of the molecule is CN1CCC23c4c5ccc(O)c4O[C@H]2[C@@H](O)C=C[C@H]3C1C5. The zero-order valence-electron chi connectivity index (χ0n) is 12.0. The van der Waals surface area contributed by atoms with Gasteiger partial charge in [-0.15, -0.1) is 0 Å². The van der Waals surface area contributed by atoms with Crippen molar-refractivity contribution in [2.75, 3.05) is 13.6 Å². The van der Waals surface area contributed by atoms with E-state index in [-0.39, 0.29) is 17.3 Å². The number of aromatic hydroxyl groups is 1. The summed E-state index contributed by atoms with van der Waals surface area (Å²) >= 11 is 0. The molecule has 0 aromatic heterocycles. The monoisotopic (exact) mass is 285 g/mol. The molecule has 1 aromatic carbocycles. The van der Waals surface area contributed by atoms with E-state index in [1.54, 1.807) is 6.07 Å². The van der Waals surface area contributed by atoms with Gasteiger partial charge >= 0.3 is 0 Å². The van der Waals surface area contributed by atoms with Crippen LogP contribution in [0.3, 0.4) is 0 Å². The van der Waals surface area contributed by atoms with Crippen molar-refractivity contribution in [1.29, 1.82) is 0 Å². The number of hydrogen-bond donors (Lipinski definition) is 2. The summed E-state index contributed by atoms with van der Waals surface area (Å²) in [6.07, 6.45) is 5.18. The van der Waals surface area contributed by atoms with Crippen LogP contribution >= 0.6 is 0 Å². The maximum absolute atomic E-state index is 10.4. The molecule has 2 bridgehead atoms. The van der Waals surface area contributed by atoms with Crippen molar-refractivity contribution in [2.45, 2.75) is 36.5 Å². The van der Waals surface area contributed by atoms with Gasteiger partial charge in [0, 0.05) is 22.9 Å². The van der Waals surface area contributed by atoms with E-state index in [9.17, 15) is 10.2 Å². The van der Waals surface area contributed by atoms with Gasteiger partial charge in [0.25, 0.3) is 0 Å². The number of aliphatic hydroxyl groups excluding tert-OH is 1. The lowest BCUT2D eigenvalue weighted by atomic mass is 9.53. The van der Waals surface area contributed by atoms with Crippen molar-refractivity contribution in [2.24, 2.45) is 5.92 Å². The van der Waals surface area contributed by atoms with E-state index in [1.807, 2.05) is 12.1 Å². The fourth-order valence-electron chi connectivity index (χ4n) is 5.24. The first-order valence-electron chi connectivity index (χ1n) is 7.71. The van der Waals surface area contributed by atoms with Crippen molar-refractivity contribution < 1.29 is 14.9 Å². The molecule has 4 nitrogen and oxygen atoms in total. The van der Waals surface area contributed by atoms with E-state index < -0.39 is 6.10 Å². The van der Waals surface area contributed by atoms with E-state index in [1.165, 1.54) is 11.1 Å². The number of ether oxygens (including phenoxy) is 1. The normalized spacial score (nSPS) is 42.6. The third kappa shape index (κ3) is 1.21. The first-order valence-corrected chi connectivity index (χ1v) is 7.71. The molecule has 2 unspecified atom stereocenters. The second-order valence-corrected chi connectivity index (χ2v) is 6.93. The molecule has 5 rings (SSSR count). The Balaban J connectivity index is 1.84. The molecule has 4 aliphatic rings. The summed E-state index contributed by atoms with van der Waals surface area (Å²) in [4.78, 5) is 2.43. The van der Waals surface area contributed by atoms with Crippen LogP contribution in [-0.2, 0) is 11.8 Å². The summed E-state index contributed by atoms with van der Waals surface area (Å²) in [5.74, 6) is 1.19. The number of hydrogen-bond acceptors (Lipinski definition) is 4. The van der Waals surface area contributed by atoms with Crippen molar-refractivity contribution in [1.82, 2.24) is 4.90 Å². The van der Waals surface area contributed by atoms with E-state index >= 15 is 0 Å². The summed E-state index contributed by atoms with van der Waals surface area (Å²) in [5, 5.41) is 20.6. The molecule has 1 spiro atoms. The van der Waals surface area contributed by atoms with Gasteiger partial charge < -0.3 is 19.8 Å². The second kappa shape index (κ2) is 3.62. The van der Waals surface area contributed by atoms with Crippen LogP contribution in [0.5, 0.6) is 11.5 Å². The third-order valence-electron chi connectivity index (χ3n) is 6.15. The molecule has 2 N–H and O–H groups in total. The minimum Gasteiger partial charge on any atom is -0.504 e. The fourth-order valence-corrected chi connectivity index (χ4v) is 5.24. The fraction of sp³-hybridized carbons (Fsp3) is 0.529. The van der Waals surface area contributed by atoms with Crippen molar-refractivity contribution >= 4 is 0 Å². The lowest BCUT2D eigenvalue weighted by molar-refractivity contribution is -0.0453. The Hall–Kier alpha value is -1.52. The summed E-state index contributed by atoms with van der Waals surface area (Å²) in [5.41, 5.74) is 2.29. The van der Waals surface area contributed by atoms with Crippen molar-refractivity contribution in [3.05, 3.63) is 35.4 Å². The Morgan fingerprint density at radius 3 is 3.05 bits per heavy atom. The zero-order valence-corrected chi connectivity index (χ0v) is 12.0. The van der Waals surface area contributed by atoms with Gasteiger partial charge in [-0.2, -0.15) is 0 Å². The smallest absolute Gasteiger partial charge is 0.165 e. The Morgan fingerprint density at radius 1 is 1.33 bits per heavy atom. The highest BCUT2D eigenvalue weighted by Crippen LogP contribution is 2.62. The van der Waals surface area contributed by atoms with Gasteiger partial charge in [-0.1, -0.05) is 18.2 Å². The molecule has 2 heterocycles. The van der Waals surface area contributed by atoms with Crippen LogP contribution in [0.25, 0.3) is 0 Å². The van der Waals surface area contributed by atoms with Crippen LogP contribution in [-0.4, -0.2) is 47.0 Å². The Labute approximate surface area is 123 Å². The molecular weight excluding hydrogens is 266 g/mol. The number of likely N-dealkylation sites (tertiary alicyclic amines) is 1. The maximum Gasteiger partial charge on any atom is 0.165 e. The van der Waals surface area contributed by atoms with Crippen molar-refractivity contribution in [3.8, 4) is 11.5 Å². The molecule has 110 valence electrons. The van der Waals surface area contributed by atoms with Crippen LogP contribution in [0.4, 0.5) is 0 Å². The summed E-state index contributed by atoms with van der Waals surface area (Å²) in [7, 11) is 2.19. The molecule has 2 aliphatic carbocycles. The minimum atomic E-state index is -0.594. The standard InChI is InChI=1S/C17H19NO3/c1-18-7-6-17-10-3-5-13(20)16(17)21-15-12(19)4-2-9(14(15)17)8-11(10)18/h2-5,10-11,13,16,19-20H,6-8H2,1H3/t10-,11?,13-,16-,17?/m0/s1. The lowest BCUT2D eigenvalue weighted by Crippen LogP contribution is -2.64. The van der Waals surface area contributed by atoms with Gasteiger partial charge in [-0.25, -0.2) is 0 Å². The van der Waals surface area contributed by atoms with Crippen LogP contribution < -0.4 is 4.74 Å². The number of phenolic OH excluding ortho intramolecular Hbond substituents is 1. The van der Waals surface area contributed by atoms with Crippen molar-refractivity contribution in [3.63, 3.8) is 0 Å². The summed E-state index contributed by atoms with van der Waals surface area (Å²) < 4.78 is 6.09. The van der Waals surface area contributed by atoms with E-state index in [0.29, 0.717) is 17.7 Å². The molecule has 5 atom stereocenters. The van der Waals surface area contributed by atoms with Crippen LogP contribution in [0.15, 0.2) is 24.3 Å². The largest absolute Gasteiger partial charge is 0.504 e. The highest BCUT2D eigenvalue weighted by Gasteiger charge is 2.64. The summed E-state index contributed by atoms with van der Waals surface area (Å²) in [6.45, 7) is 1.01. The minimum absolute atomic E-state index is 0.160. The first-order chi connectivity index (χ1) is 10.1. The highest BCUT2D eigenvalue weighted by molar-refractivity contribution is 5.61. The topological polar surface area (TPSA) is 52.9 Å². The quantitative estimate of drug-likeness (QED) is 0.703. The Kier molecular flexibility index (Phi) is 2.08. The second-order valence-electron chi connectivity index (χ2n) is 6.93. The zero-order chi connectivity index (χ0) is 14.4. The van der Waals surface area contributed by atoms with Gasteiger partial charge in [0.1, 0.15) is 12.2 Å². The van der Waals surface area contributed by atoms with Gasteiger partial charge in [0.2, 0.25) is 0 Å². The third-order valence-corrected chi connectivity index (χ3v) is 6.15. The number of benzene rings is 1. The number of rotatable bonds is 0. The molecule has 2 aliphatic heterocycles. The molecule has 0 amide bonds. The molecule has 0 radical (unpaired) electrons. The molecule has 0 saturated carbocycles. The van der Waals surface area contributed by atoms with Gasteiger partial charge in [0.05, 0.1) is 0 Å². The van der Waals surface area contributed by atoms with Gasteiger partial charge in [-0.05, 0) is 38.1 Å². The molecule has 4 heteroatoms. The van der Waals surface area contributed by atoms with Crippen LogP contribution in [0.1, 0.15) is 17.5 Å². The predicted molar refractivity (Wildman–Crippen MR) is 77.6 cm³/mol. The van der Waals surface area contributed by atoms with Gasteiger partial charge in [-0.3, -0.25) is 0 Å². The maximum atomic E-state index is 10.4. The van der Waals surface area contributed by atoms with E-state index in [2.05, 4.69) is 18.0 Å². The number of likely N-dealkylation sites (N-methyl/N-ethyl adjacent to an activating group) is 1. The number of piperidine rings is 1. The van der Waals surface area contributed by atoms with E-state index in [0.717, 1.165) is 19.4 Å². The van der Waals surface area contributed by atoms with Crippen LogP contribution in [0.2, 0.25) is 0 Å². The average molecular weight is 285 g/mol. The molecule has 1 saturated heterocycles. The molecule has 1 fully saturated rings. The Bertz CT molecular complexity index is 670. The number of phenols is 1. The lowest BCUT2D eigenvalue weighted by Gasteiger charge is -2.56.